The summed E-state index contributed by atoms with van der Waals surface area (Å²) < 4.78 is 13.3. The molecule has 0 fully saturated rings. The summed E-state index contributed by atoms with van der Waals surface area (Å²) in [7, 11) is 2.31. The lowest BCUT2D eigenvalue weighted by atomic mass is 9.44. The van der Waals surface area contributed by atoms with Gasteiger partial charge in [0.25, 0.3) is 0 Å². The van der Waals surface area contributed by atoms with Gasteiger partial charge < -0.3 is 0 Å². The summed E-state index contributed by atoms with van der Waals surface area (Å²) in [6, 6.07) is 5.04. The summed E-state index contributed by atoms with van der Waals surface area (Å²) in [5.74, 6) is 0.406. The molecule has 0 amide bonds. The van der Waals surface area contributed by atoms with E-state index in [1.165, 1.54) is 6.07 Å². The Morgan fingerprint density at radius 2 is 2.00 bits per heavy atom. The zero-order valence-electron chi connectivity index (χ0n) is 11.0. The molecular formula is C14H21BF. The summed E-state index contributed by atoms with van der Waals surface area (Å²) in [6.45, 7) is 10.7. The highest BCUT2D eigenvalue weighted by Gasteiger charge is 2.25. The molecule has 0 aromatic heterocycles. The summed E-state index contributed by atoms with van der Waals surface area (Å²) in [5, 5.41) is -0.0678. The SMILES string of the molecule is CCC(C)[B]C(C)(C)c1cc(F)ccc1C. The lowest BCUT2D eigenvalue weighted by Gasteiger charge is -2.29. The molecule has 0 aliphatic heterocycles. The highest BCUT2D eigenvalue weighted by Crippen LogP contribution is 2.29. The molecule has 0 aliphatic carbocycles. The van der Waals surface area contributed by atoms with Crippen molar-refractivity contribution in [3.63, 3.8) is 0 Å². The molecular weight excluding hydrogens is 198 g/mol. The minimum atomic E-state index is -0.147. The average molecular weight is 219 g/mol. The van der Waals surface area contributed by atoms with E-state index in [1.54, 1.807) is 6.07 Å². The van der Waals surface area contributed by atoms with E-state index in [-0.39, 0.29) is 11.1 Å². The van der Waals surface area contributed by atoms with Gasteiger partial charge in [0, 0.05) is 0 Å². The number of rotatable bonds is 4. The molecule has 0 saturated carbocycles. The van der Waals surface area contributed by atoms with Crippen LogP contribution in [0.25, 0.3) is 0 Å². The van der Waals surface area contributed by atoms with Gasteiger partial charge in [-0.25, -0.2) is 4.39 Å². The first-order chi connectivity index (χ1) is 7.36. The molecule has 0 spiro atoms. The van der Waals surface area contributed by atoms with Crippen molar-refractivity contribution in [3.8, 4) is 0 Å². The Hall–Kier alpha value is -0.785. The van der Waals surface area contributed by atoms with Crippen molar-refractivity contribution in [2.75, 3.05) is 0 Å². The number of aryl methyl sites for hydroxylation is 1. The standard InChI is InChI=1S/C14H21BF/c1-6-11(3)15-14(4,5)13-9-12(16)8-7-10(13)2/h7-9,11H,6H2,1-5H3. The van der Waals surface area contributed by atoms with Crippen molar-refractivity contribution < 1.29 is 4.39 Å². The minimum Gasteiger partial charge on any atom is -0.207 e. The average Bonchev–Trinajstić information content (AvgIpc) is 2.20. The third-order valence-electron chi connectivity index (χ3n) is 3.24. The van der Waals surface area contributed by atoms with Crippen molar-refractivity contribution >= 4 is 7.28 Å². The number of halogens is 1. The molecule has 0 N–H and O–H groups in total. The molecule has 0 nitrogen and oxygen atoms in total. The van der Waals surface area contributed by atoms with E-state index < -0.39 is 0 Å². The van der Waals surface area contributed by atoms with Crippen LogP contribution in [0.2, 0.25) is 5.82 Å². The van der Waals surface area contributed by atoms with Crippen molar-refractivity contribution in [2.24, 2.45) is 0 Å². The molecule has 0 bridgehead atoms. The third-order valence-corrected chi connectivity index (χ3v) is 3.24. The molecule has 1 radical (unpaired) electrons. The van der Waals surface area contributed by atoms with Gasteiger partial charge in [-0.2, -0.15) is 0 Å². The second kappa shape index (κ2) is 5.03. The first-order valence-corrected chi connectivity index (χ1v) is 5.99. The Bertz CT molecular complexity index is 358. The van der Waals surface area contributed by atoms with Crippen LogP contribution < -0.4 is 0 Å². The molecule has 0 aliphatic rings. The zero-order chi connectivity index (χ0) is 12.3. The fraction of sp³-hybridized carbons (Fsp3) is 0.571. The number of hydrogen-bond donors (Lipinski definition) is 0. The van der Waals surface area contributed by atoms with E-state index in [0.29, 0.717) is 5.82 Å². The van der Waals surface area contributed by atoms with Gasteiger partial charge in [0.1, 0.15) is 13.1 Å². The Labute approximate surface area is 99.5 Å². The highest BCUT2D eigenvalue weighted by atomic mass is 19.1. The van der Waals surface area contributed by atoms with Crippen LogP contribution in [0.15, 0.2) is 18.2 Å². The second-order valence-corrected chi connectivity index (χ2v) is 5.23. The van der Waals surface area contributed by atoms with Crippen LogP contribution in [0.4, 0.5) is 4.39 Å². The van der Waals surface area contributed by atoms with Crippen LogP contribution in [0.3, 0.4) is 0 Å². The predicted octanol–water partition coefficient (Wildman–Crippen LogP) is 4.29. The molecule has 87 valence electrons. The van der Waals surface area contributed by atoms with E-state index in [0.717, 1.165) is 17.5 Å². The Morgan fingerprint density at radius 3 is 2.56 bits per heavy atom. The van der Waals surface area contributed by atoms with Crippen LogP contribution in [0.5, 0.6) is 0 Å². The van der Waals surface area contributed by atoms with E-state index in [2.05, 4.69) is 35.0 Å². The summed E-state index contributed by atoms with van der Waals surface area (Å²) in [4.78, 5) is 0. The maximum atomic E-state index is 13.3. The number of hydrogen-bond acceptors (Lipinski definition) is 0. The van der Waals surface area contributed by atoms with Crippen molar-refractivity contribution in [2.45, 2.75) is 52.2 Å². The van der Waals surface area contributed by atoms with Gasteiger partial charge in [0.05, 0.1) is 0 Å². The third kappa shape index (κ3) is 3.10. The maximum absolute atomic E-state index is 13.3. The lowest BCUT2D eigenvalue weighted by Crippen LogP contribution is -2.29. The summed E-state index contributed by atoms with van der Waals surface area (Å²) in [6.07, 6.45) is 1.12. The molecule has 16 heavy (non-hydrogen) atoms. The van der Waals surface area contributed by atoms with Crippen LogP contribution in [-0.2, 0) is 5.31 Å². The second-order valence-electron chi connectivity index (χ2n) is 5.23. The van der Waals surface area contributed by atoms with Gasteiger partial charge in [-0.15, -0.1) is 0 Å². The van der Waals surface area contributed by atoms with Crippen LogP contribution in [-0.4, -0.2) is 7.28 Å². The molecule has 1 unspecified atom stereocenters. The first kappa shape index (κ1) is 13.3. The van der Waals surface area contributed by atoms with Gasteiger partial charge in [-0.3, -0.25) is 0 Å². The molecule has 0 saturated heterocycles. The topological polar surface area (TPSA) is 0 Å². The van der Waals surface area contributed by atoms with E-state index in [9.17, 15) is 4.39 Å². The lowest BCUT2D eigenvalue weighted by molar-refractivity contribution is 0.616. The predicted molar refractivity (Wildman–Crippen MR) is 69.6 cm³/mol. The van der Waals surface area contributed by atoms with E-state index in [1.807, 2.05) is 13.0 Å². The molecule has 1 rings (SSSR count). The Balaban J connectivity index is 3.01. The van der Waals surface area contributed by atoms with Crippen LogP contribution in [0.1, 0.15) is 45.2 Å². The number of benzene rings is 1. The molecule has 1 aromatic rings. The van der Waals surface area contributed by atoms with Crippen LogP contribution >= 0.6 is 0 Å². The fourth-order valence-electron chi connectivity index (χ4n) is 2.21. The Morgan fingerprint density at radius 1 is 1.38 bits per heavy atom. The fourth-order valence-corrected chi connectivity index (χ4v) is 2.21. The van der Waals surface area contributed by atoms with Crippen molar-refractivity contribution in [1.29, 1.82) is 0 Å². The van der Waals surface area contributed by atoms with Gasteiger partial charge in [-0.05, 0) is 35.5 Å². The normalized spacial score (nSPS) is 13.6. The molecule has 1 aromatic carbocycles. The van der Waals surface area contributed by atoms with Crippen molar-refractivity contribution in [1.82, 2.24) is 0 Å². The van der Waals surface area contributed by atoms with Gasteiger partial charge in [-0.1, -0.05) is 46.0 Å². The first-order valence-electron chi connectivity index (χ1n) is 5.99. The van der Waals surface area contributed by atoms with Crippen LogP contribution in [0, 0.1) is 12.7 Å². The smallest absolute Gasteiger partial charge is 0.126 e. The highest BCUT2D eigenvalue weighted by molar-refractivity contribution is 6.41. The minimum absolute atomic E-state index is 0.0678. The summed E-state index contributed by atoms with van der Waals surface area (Å²) in [5.41, 5.74) is 2.25. The molecule has 0 heterocycles. The summed E-state index contributed by atoms with van der Waals surface area (Å²) >= 11 is 0. The van der Waals surface area contributed by atoms with Gasteiger partial charge >= 0.3 is 0 Å². The van der Waals surface area contributed by atoms with Gasteiger partial charge in [0.2, 0.25) is 0 Å². The van der Waals surface area contributed by atoms with Gasteiger partial charge in [0.15, 0.2) is 0 Å². The van der Waals surface area contributed by atoms with E-state index in [4.69, 9.17) is 0 Å². The maximum Gasteiger partial charge on any atom is 0.126 e. The molecule has 1 atom stereocenters. The van der Waals surface area contributed by atoms with E-state index >= 15 is 0 Å². The largest absolute Gasteiger partial charge is 0.207 e. The zero-order valence-corrected chi connectivity index (χ0v) is 11.0. The monoisotopic (exact) mass is 219 g/mol. The Kier molecular flexibility index (Phi) is 4.18. The molecule has 2 heteroatoms. The van der Waals surface area contributed by atoms with Crippen molar-refractivity contribution in [3.05, 3.63) is 35.1 Å². The quantitative estimate of drug-likeness (QED) is 0.662.